The summed E-state index contributed by atoms with van der Waals surface area (Å²) in [7, 11) is 0. The van der Waals surface area contributed by atoms with Crippen LogP contribution in [0.5, 0.6) is 5.75 Å². The van der Waals surface area contributed by atoms with Crippen molar-refractivity contribution in [3.8, 4) is 5.75 Å². The van der Waals surface area contributed by atoms with Crippen molar-refractivity contribution in [2.75, 3.05) is 37.7 Å². The summed E-state index contributed by atoms with van der Waals surface area (Å²) in [6, 6.07) is 2.17. The van der Waals surface area contributed by atoms with E-state index in [9.17, 15) is 107 Å². The van der Waals surface area contributed by atoms with Gasteiger partial charge in [-0.3, -0.25) is 76.7 Å². The molecule has 0 radical (unpaired) electrons. The lowest BCUT2D eigenvalue weighted by Gasteiger charge is -2.30. The molecule has 5 aromatic rings. The molecule has 0 spiro atoms. The van der Waals surface area contributed by atoms with Gasteiger partial charge in [0.1, 0.15) is 78.3 Å². The minimum Gasteiger partial charge on any atom is -0.508 e. The number of nitrogens with one attached hydrogen (secondary N) is 15. The van der Waals surface area contributed by atoms with Crippen LogP contribution in [0.3, 0.4) is 0 Å². The molecule has 0 unspecified atom stereocenters. The summed E-state index contributed by atoms with van der Waals surface area (Å²) in [5.41, 5.74) is 8.69. The van der Waals surface area contributed by atoms with Crippen LogP contribution in [0.25, 0.3) is 21.8 Å². The highest BCUT2D eigenvalue weighted by molar-refractivity contribution is 7.80. The number of fused-ring (bicyclic) bond motifs is 2. The Morgan fingerprint density at radius 3 is 1.44 bits per heavy atom. The molecule has 3 aromatic carbocycles. The van der Waals surface area contributed by atoms with Gasteiger partial charge in [-0.05, 0) is 98.7 Å². The van der Waals surface area contributed by atoms with Gasteiger partial charge in [0, 0.05) is 84.4 Å². The Bertz CT molecular complexity index is 4400. The second-order valence-corrected chi connectivity index (χ2v) is 29.7. The number of aromatic hydroxyl groups is 1. The van der Waals surface area contributed by atoms with Crippen molar-refractivity contribution in [1.29, 1.82) is 0 Å². The summed E-state index contributed by atoms with van der Waals surface area (Å²) in [6.07, 6.45) is -0.725. The number of thiol groups is 2. The maximum atomic E-state index is 14.6. The number of aromatic amines is 2. The number of phenols is 1. The molecule has 1 aliphatic heterocycles. The zero-order valence-corrected chi connectivity index (χ0v) is 66.9. The summed E-state index contributed by atoms with van der Waals surface area (Å²) < 4.78 is 0. The molecule has 6 rings (SSSR count). The fourth-order valence-corrected chi connectivity index (χ4v) is 13.0. The molecule has 1 fully saturated rings. The third-order valence-corrected chi connectivity index (χ3v) is 19.7. The Morgan fingerprint density at radius 2 is 0.940 bits per heavy atom. The van der Waals surface area contributed by atoms with E-state index in [1.165, 1.54) is 56.9 Å². The van der Waals surface area contributed by atoms with E-state index in [0.29, 0.717) is 44.9 Å². The van der Waals surface area contributed by atoms with Gasteiger partial charge in [-0.25, -0.2) is 4.79 Å². The molecule has 0 aliphatic carbocycles. The van der Waals surface area contributed by atoms with Gasteiger partial charge in [0.2, 0.25) is 82.7 Å². The van der Waals surface area contributed by atoms with Gasteiger partial charge >= 0.3 is 17.9 Å². The van der Waals surface area contributed by atoms with Crippen LogP contribution in [-0.4, -0.2) is 257 Å². The average molecular weight is 1670 g/mol. The lowest BCUT2D eigenvalue weighted by molar-refractivity contribution is -0.143. The van der Waals surface area contributed by atoms with Crippen LogP contribution >= 0.6 is 25.3 Å². The number of benzene rings is 3. The number of hydrogen-bond acceptors (Lipinski definition) is 22. The van der Waals surface area contributed by atoms with Crippen LogP contribution in [0.2, 0.25) is 0 Å². The number of para-hydroxylation sites is 2. The monoisotopic (exact) mass is 1670 g/mol. The van der Waals surface area contributed by atoms with Crippen molar-refractivity contribution in [3.63, 3.8) is 0 Å². The van der Waals surface area contributed by atoms with Crippen LogP contribution in [-0.2, 0) is 101 Å². The van der Waals surface area contributed by atoms with E-state index in [1.807, 2.05) is 0 Å². The summed E-state index contributed by atoms with van der Waals surface area (Å²) in [5, 5.41) is 82.0. The minimum atomic E-state index is -1.71. The van der Waals surface area contributed by atoms with Crippen molar-refractivity contribution >= 4 is 148 Å². The highest BCUT2D eigenvalue weighted by Crippen LogP contribution is 2.25. The molecule has 117 heavy (non-hydrogen) atoms. The normalized spacial score (nSPS) is 15.6. The van der Waals surface area contributed by atoms with Gasteiger partial charge in [0.15, 0.2) is 0 Å². The quantitative estimate of drug-likeness (QED) is 0.0170. The maximum Gasteiger partial charge on any atom is 0.326 e. The Kier molecular flexibility index (Phi) is 36.5. The Hall–Kier alpha value is -11.9. The van der Waals surface area contributed by atoms with Gasteiger partial charge in [-0.1, -0.05) is 76.2 Å². The number of amides is 14. The van der Waals surface area contributed by atoms with Gasteiger partial charge in [-0.15, -0.1) is 0 Å². The number of carboxylic acid groups (broad SMARTS) is 3. The number of phenolic OH excluding ortho intramolecular Hbond substituents is 1. The molecule has 41 heteroatoms. The Labute approximate surface area is 682 Å². The number of aromatic nitrogens is 2. The zero-order chi connectivity index (χ0) is 86.5. The first-order valence-electron chi connectivity index (χ1n) is 37.7. The van der Waals surface area contributed by atoms with Crippen molar-refractivity contribution in [2.45, 2.75) is 184 Å². The summed E-state index contributed by atoms with van der Waals surface area (Å²) in [4.78, 5) is 236. The number of aliphatic hydroxyl groups is 1. The van der Waals surface area contributed by atoms with Crippen LogP contribution in [0, 0.1) is 11.8 Å². The van der Waals surface area contributed by atoms with Gasteiger partial charge in [0.25, 0.3) is 0 Å². The predicted molar refractivity (Wildman–Crippen MR) is 428 cm³/mol. The first-order valence-corrected chi connectivity index (χ1v) is 39.0. The van der Waals surface area contributed by atoms with Crippen LogP contribution in [0.15, 0.2) is 85.2 Å². The number of likely N-dealkylation sites (tertiary alicyclic amines) is 1. The summed E-state index contributed by atoms with van der Waals surface area (Å²) >= 11 is 8.49. The van der Waals surface area contributed by atoms with E-state index in [-0.39, 0.29) is 61.8 Å². The van der Waals surface area contributed by atoms with Crippen LogP contribution in [0.4, 0.5) is 0 Å². The van der Waals surface area contributed by atoms with E-state index in [0.717, 1.165) is 0 Å². The molecule has 636 valence electrons. The number of carbonyl (C=O) groups is 17. The third-order valence-electron chi connectivity index (χ3n) is 19.0. The van der Waals surface area contributed by atoms with E-state index in [2.05, 4.69) is 104 Å². The number of hydrogen-bond donors (Lipinski definition) is 23. The SMILES string of the molecule is CC(C)C[C@H](NC(=O)[C@H](C)NC(=O)[C@H](Cc1c[nH]c2ccccc12)NC(=O)[C@H](CS)NC(=O)[C@@H](NC(=O)[C@H](CCC(=O)O)NC(=O)CNC(=O)CNC(=O)[C@H](Cc1ccc(O)cc1)NC(=O)[C@H](CCC(=O)O)NC(=O)CNC(=O)[C@@H]1CCCN1C(=O)[C@H](Cc1c[nH]c2ccccc12)NC(=O)[C@H](CS)NC(=O)[C@@H](N)[C@@H](C)O)C(C)C)C(=O)O. The number of nitrogens with two attached hydrogens (primary N) is 1. The lowest BCUT2D eigenvalue weighted by Crippen LogP contribution is -2.61. The highest BCUT2D eigenvalue weighted by atomic mass is 32.1. The fraction of sp³-hybridized carbons (Fsp3) is 0.487. The number of carbonyl (C=O) groups excluding carboxylic acids is 14. The third kappa shape index (κ3) is 29.1. The number of H-pyrrole nitrogens is 2. The molecule has 22 N–H and O–H groups in total. The molecule has 0 bridgehead atoms. The number of nitrogens with zero attached hydrogens (tertiary/aromatic N) is 1. The van der Waals surface area contributed by atoms with Gasteiger partial charge in [-0.2, -0.15) is 25.3 Å². The molecule has 39 nitrogen and oxygen atoms in total. The van der Waals surface area contributed by atoms with Crippen molar-refractivity contribution < 1.29 is 107 Å². The Balaban J connectivity index is 1.07. The second kappa shape index (κ2) is 45.4. The molecule has 3 heterocycles. The largest absolute Gasteiger partial charge is 0.508 e. The number of carboxylic acids is 3. The molecular weight excluding hydrogens is 1570 g/mol. The van der Waals surface area contributed by atoms with Crippen molar-refractivity contribution in [2.24, 2.45) is 17.6 Å². The fourth-order valence-electron chi connectivity index (χ4n) is 12.5. The standard InChI is InChI=1S/C76H103N17O22S2/c1-37(2)26-54(76(114)115)89-65(103)39(5)83-69(107)52(28-42-30-78-47-14-9-7-12-45(42)47)87-70(108)56(36-117)91-74(112)64(38(3)4)92-68(106)50(22-24-62(101)102)85-59(97)33-80-58(96)32-81-66(104)51(27-41-17-19-44(95)20-18-41)86-67(105)49(21-23-61(99)100)84-60(98)34-82-72(110)57-16-11-25-93(57)75(113)53(29-43-31-79-48-15-10-8-13-46(43)48)88-71(109)55(35-116)90-73(111)63(77)40(6)94/h7-10,12-15,17-20,30-31,37-40,49-57,63-64,78-79,94-95,116-117H,11,16,21-29,32-36,77H2,1-6H3,(H,80,96)(H,81,104)(H,82,110)(H,83,107)(H,84,98)(H,85,97)(H,86,105)(H,87,108)(H,88,109)(H,89,103)(H,90,111)(H,91,112)(H,92,106)(H,99,100)(H,101,102)(H,114,115)/t39-,40+,49-,50-,51-,52-,53-,54-,55-,56-,57-,63-,64-/m0/s1. The van der Waals surface area contributed by atoms with E-state index < -0.39 is 230 Å². The number of rotatable bonds is 46. The van der Waals surface area contributed by atoms with Gasteiger partial charge < -0.3 is 115 Å². The van der Waals surface area contributed by atoms with Crippen molar-refractivity contribution in [3.05, 3.63) is 102 Å². The molecule has 1 aliphatic rings. The van der Waals surface area contributed by atoms with E-state index in [1.54, 1.807) is 74.8 Å². The minimum absolute atomic E-state index is 0.0227. The molecule has 1 saturated heterocycles. The molecule has 2 aromatic heterocycles. The van der Waals surface area contributed by atoms with Gasteiger partial charge in [0.05, 0.1) is 25.7 Å². The first kappa shape index (κ1) is 94.0. The zero-order valence-electron chi connectivity index (χ0n) is 65.2. The van der Waals surface area contributed by atoms with E-state index >= 15 is 0 Å². The molecule has 0 saturated carbocycles. The summed E-state index contributed by atoms with van der Waals surface area (Å²) in [6.45, 7) is 6.55. The molecule has 13 atom stereocenters. The molecular formula is C76H103N17O22S2. The average Bonchev–Trinajstić information content (AvgIpc) is 1.69. The second-order valence-electron chi connectivity index (χ2n) is 28.9. The molecule has 14 amide bonds. The maximum absolute atomic E-state index is 14.6. The van der Waals surface area contributed by atoms with Crippen molar-refractivity contribution in [1.82, 2.24) is 84.0 Å². The predicted octanol–water partition coefficient (Wildman–Crippen LogP) is -3.33. The smallest absolute Gasteiger partial charge is 0.326 e. The van der Waals surface area contributed by atoms with Crippen LogP contribution in [0.1, 0.15) is 103 Å². The Morgan fingerprint density at radius 1 is 0.487 bits per heavy atom. The number of aliphatic carboxylic acids is 3. The first-order chi connectivity index (χ1) is 55.4. The number of aliphatic hydroxyl groups excluding tert-OH is 1. The van der Waals surface area contributed by atoms with Crippen LogP contribution < -0.4 is 74.9 Å². The summed E-state index contributed by atoms with van der Waals surface area (Å²) in [5.74, 6) is -19.0. The lowest BCUT2D eigenvalue weighted by atomic mass is 10.0. The topological polar surface area (TPSA) is 609 Å². The highest BCUT2D eigenvalue weighted by Gasteiger charge is 2.41. The van der Waals surface area contributed by atoms with E-state index in [4.69, 9.17) is 5.73 Å².